The molecule has 1 aliphatic carbocycles. The largest absolute Gasteiger partial charge is 0.480 e. The van der Waals surface area contributed by atoms with Gasteiger partial charge in [0.2, 0.25) is 5.91 Å². The number of amides is 1. The van der Waals surface area contributed by atoms with Gasteiger partial charge in [0.05, 0.1) is 13.1 Å². The van der Waals surface area contributed by atoms with Crippen LogP contribution in [0.5, 0.6) is 0 Å². The van der Waals surface area contributed by atoms with E-state index in [4.69, 9.17) is 5.11 Å². The summed E-state index contributed by atoms with van der Waals surface area (Å²) in [5.41, 5.74) is 1.01. The molecule has 162 valence electrons. The number of aliphatic carboxylic acids is 1. The number of nitrogens with zero attached hydrogens (tertiary/aromatic N) is 3. The van der Waals surface area contributed by atoms with Gasteiger partial charge in [-0.05, 0) is 44.9 Å². The Morgan fingerprint density at radius 2 is 1.62 bits per heavy atom. The molecule has 1 saturated carbocycles. The maximum Gasteiger partial charge on any atom is 0.317 e. The van der Waals surface area contributed by atoms with Crippen LogP contribution in [0.3, 0.4) is 0 Å². The highest BCUT2D eigenvalue weighted by molar-refractivity contribution is 5.95. The molecule has 1 saturated heterocycles. The molecule has 2 aliphatic rings. The number of rotatable bonds is 7. The predicted octanol–water partition coefficient (Wildman–Crippen LogP) is 3.25. The van der Waals surface area contributed by atoms with E-state index in [2.05, 4.69) is 4.90 Å². The van der Waals surface area contributed by atoms with Crippen molar-refractivity contribution in [3.63, 3.8) is 0 Å². The van der Waals surface area contributed by atoms with E-state index < -0.39 is 5.97 Å². The van der Waals surface area contributed by atoms with Gasteiger partial charge in [-0.15, -0.1) is 12.4 Å². The number of carboxylic acid groups (broad SMARTS) is 1. The fourth-order valence-corrected chi connectivity index (χ4v) is 4.61. The van der Waals surface area contributed by atoms with E-state index in [9.17, 15) is 9.59 Å². The van der Waals surface area contributed by atoms with Gasteiger partial charge in [-0.25, -0.2) is 0 Å². The lowest BCUT2D eigenvalue weighted by Gasteiger charge is -2.38. The van der Waals surface area contributed by atoms with Crippen molar-refractivity contribution in [1.82, 2.24) is 9.80 Å². The third-order valence-electron chi connectivity index (χ3n) is 6.17. The van der Waals surface area contributed by atoms with Crippen molar-refractivity contribution >= 4 is 30.0 Å². The average Bonchev–Trinajstić information content (AvgIpc) is 2.70. The molecule has 6 nitrogen and oxygen atoms in total. The molecule has 0 spiro atoms. The van der Waals surface area contributed by atoms with Crippen molar-refractivity contribution in [3.8, 4) is 0 Å². The molecule has 1 aliphatic heterocycles. The lowest BCUT2D eigenvalue weighted by atomic mass is 9.93. The van der Waals surface area contributed by atoms with E-state index in [0.29, 0.717) is 12.6 Å². The Morgan fingerprint density at radius 1 is 1.00 bits per heavy atom. The number of benzene rings is 1. The van der Waals surface area contributed by atoms with Crippen LogP contribution in [-0.2, 0) is 9.59 Å². The van der Waals surface area contributed by atoms with Gasteiger partial charge >= 0.3 is 5.97 Å². The summed E-state index contributed by atoms with van der Waals surface area (Å²) in [6.45, 7) is 2.20. The van der Waals surface area contributed by atoms with Crippen molar-refractivity contribution in [2.75, 3.05) is 38.1 Å². The molecule has 1 heterocycles. The fourth-order valence-electron chi connectivity index (χ4n) is 4.61. The van der Waals surface area contributed by atoms with Crippen LogP contribution in [0, 0.1) is 0 Å². The number of halogens is 1. The molecule has 1 amide bonds. The van der Waals surface area contributed by atoms with Crippen molar-refractivity contribution in [2.24, 2.45) is 0 Å². The van der Waals surface area contributed by atoms with Gasteiger partial charge in [0.1, 0.15) is 0 Å². The number of hydrogen-bond acceptors (Lipinski definition) is 4. The van der Waals surface area contributed by atoms with Gasteiger partial charge < -0.3 is 10.0 Å². The zero-order chi connectivity index (χ0) is 19.9. The lowest BCUT2D eigenvalue weighted by Crippen LogP contribution is -2.50. The Balaban J connectivity index is 0.00000300. The molecule has 29 heavy (non-hydrogen) atoms. The van der Waals surface area contributed by atoms with Crippen LogP contribution >= 0.6 is 12.4 Å². The summed E-state index contributed by atoms with van der Waals surface area (Å²) in [6.07, 6.45) is 7.65. The first-order valence-electron chi connectivity index (χ1n) is 10.6. The highest BCUT2D eigenvalue weighted by Gasteiger charge is 2.30. The normalized spacial score (nSPS) is 19.0. The smallest absolute Gasteiger partial charge is 0.317 e. The Bertz CT molecular complexity index is 644. The topological polar surface area (TPSA) is 64.1 Å². The minimum atomic E-state index is -0.786. The minimum absolute atomic E-state index is 0. The van der Waals surface area contributed by atoms with E-state index in [1.54, 1.807) is 0 Å². The first-order valence-corrected chi connectivity index (χ1v) is 10.6. The third kappa shape index (κ3) is 6.69. The SMILES string of the molecule is CN(CC(=O)O)C1CCN(CC(=O)N(c2ccccc2)C2CCCCC2)CC1.Cl. The Kier molecular flexibility index (Phi) is 9.40. The first-order chi connectivity index (χ1) is 13.5. The maximum atomic E-state index is 13.3. The number of carboxylic acids is 1. The second-order valence-corrected chi connectivity index (χ2v) is 8.21. The molecule has 0 bridgehead atoms. The molecule has 1 aromatic carbocycles. The highest BCUT2D eigenvalue weighted by Crippen LogP contribution is 2.28. The Labute approximate surface area is 180 Å². The van der Waals surface area contributed by atoms with E-state index in [-0.39, 0.29) is 30.9 Å². The van der Waals surface area contributed by atoms with Gasteiger partial charge in [-0.2, -0.15) is 0 Å². The quantitative estimate of drug-likeness (QED) is 0.729. The molecule has 2 fully saturated rings. The van der Waals surface area contributed by atoms with Crippen LogP contribution in [0.2, 0.25) is 0 Å². The van der Waals surface area contributed by atoms with Crippen molar-refractivity contribution in [1.29, 1.82) is 0 Å². The predicted molar refractivity (Wildman–Crippen MR) is 118 cm³/mol. The highest BCUT2D eigenvalue weighted by atomic mass is 35.5. The lowest BCUT2D eigenvalue weighted by molar-refractivity contribution is -0.138. The zero-order valence-corrected chi connectivity index (χ0v) is 18.1. The molecule has 7 heteroatoms. The van der Waals surface area contributed by atoms with Gasteiger partial charge in [0, 0.05) is 30.9 Å². The summed E-state index contributed by atoms with van der Waals surface area (Å²) >= 11 is 0. The van der Waals surface area contributed by atoms with Crippen LogP contribution in [0.4, 0.5) is 5.69 Å². The molecule has 1 aromatic rings. The van der Waals surface area contributed by atoms with Crippen molar-refractivity contribution in [2.45, 2.75) is 57.0 Å². The number of carbonyl (C=O) groups is 2. The Morgan fingerprint density at radius 3 is 2.21 bits per heavy atom. The number of anilines is 1. The van der Waals surface area contributed by atoms with Crippen molar-refractivity contribution in [3.05, 3.63) is 30.3 Å². The van der Waals surface area contributed by atoms with E-state index >= 15 is 0 Å². The zero-order valence-electron chi connectivity index (χ0n) is 17.3. The van der Waals surface area contributed by atoms with E-state index in [1.165, 1.54) is 19.3 Å². The van der Waals surface area contributed by atoms with Gasteiger partial charge in [0.15, 0.2) is 0 Å². The number of para-hydroxylation sites is 1. The molecule has 3 rings (SSSR count). The molecule has 0 aromatic heterocycles. The van der Waals surface area contributed by atoms with Crippen LogP contribution in [0.1, 0.15) is 44.9 Å². The van der Waals surface area contributed by atoms with Gasteiger partial charge in [-0.1, -0.05) is 37.5 Å². The fraction of sp³-hybridized carbons (Fsp3) is 0.636. The van der Waals surface area contributed by atoms with Crippen LogP contribution in [0.25, 0.3) is 0 Å². The van der Waals surface area contributed by atoms with Crippen molar-refractivity contribution < 1.29 is 14.7 Å². The second kappa shape index (κ2) is 11.5. The summed E-state index contributed by atoms with van der Waals surface area (Å²) in [5, 5.41) is 8.98. The molecular weight excluding hydrogens is 390 g/mol. The summed E-state index contributed by atoms with van der Waals surface area (Å²) in [7, 11) is 1.87. The summed E-state index contributed by atoms with van der Waals surface area (Å²) < 4.78 is 0. The first kappa shape index (κ1) is 23.6. The summed E-state index contributed by atoms with van der Waals surface area (Å²) in [4.78, 5) is 30.4. The minimum Gasteiger partial charge on any atom is -0.480 e. The number of likely N-dealkylation sites (tertiary alicyclic amines) is 1. The summed E-state index contributed by atoms with van der Waals surface area (Å²) in [5.74, 6) is -0.596. The van der Waals surface area contributed by atoms with Gasteiger partial charge in [0.25, 0.3) is 0 Å². The van der Waals surface area contributed by atoms with E-state index in [0.717, 1.165) is 44.5 Å². The average molecular weight is 424 g/mol. The molecule has 1 N–H and O–H groups in total. The van der Waals surface area contributed by atoms with Crippen LogP contribution < -0.4 is 4.90 Å². The number of piperidine rings is 1. The van der Waals surface area contributed by atoms with Crippen LogP contribution in [-0.4, -0.2) is 72.1 Å². The Hall–Kier alpha value is -1.63. The summed E-state index contributed by atoms with van der Waals surface area (Å²) in [6, 6.07) is 10.7. The van der Waals surface area contributed by atoms with E-state index in [1.807, 2.05) is 47.2 Å². The number of carbonyl (C=O) groups excluding carboxylic acids is 1. The van der Waals surface area contributed by atoms with Crippen LogP contribution in [0.15, 0.2) is 30.3 Å². The molecule has 0 radical (unpaired) electrons. The van der Waals surface area contributed by atoms with Gasteiger partial charge in [-0.3, -0.25) is 19.4 Å². The molecular formula is C22H34ClN3O3. The second-order valence-electron chi connectivity index (χ2n) is 8.21. The standard InChI is InChI=1S/C22H33N3O3.ClH/c1-23(17-22(27)28)18-12-14-24(15-13-18)16-21(26)25(19-8-4-2-5-9-19)20-10-6-3-7-11-20;/h2,4-5,8-9,18,20H,3,6-7,10-17H2,1H3,(H,27,28);1H. The monoisotopic (exact) mass is 423 g/mol. The molecule has 0 atom stereocenters. The maximum absolute atomic E-state index is 13.3. The number of hydrogen-bond donors (Lipinski definition) is 1. The number of likely N-dealkylation sites (N-methyl/N-ethyl adjacent to an activating group) is 1. The molecule has 0 unspecified atom stereocenters. The third-order valence-corrected chi connectivity index (χ3v) is 6.17.